The van der Waals surface area contributed by atoms with Gasteiger partial charge in [-0.05, 0) is 18.8 Å². The first kappa shape index (κ1) is 13.5. The summed E-state index contributed by atoms with van der Waals surface area (Å²) in [6.07, 6.45) is 1.20. The lowest BCUT2D eigenvalue weighted by atomic mass is 9.82. The molecule has 0 aromatic carbocycles. The Kier molecular flexibility index (Phi) is 3.84. The van der Waals surface area contributed by atoms with E-state index in [0.29, 0.717) is 18.2 Å². The van der Waals surface area contributed by atoms with E-state index in [1.54, 1.807) is 11.9 Å². The highest BCUT2D eigenvalue weighted by Crippen LogP contribution is 2.27. The molecular weight excluding hydrogens is 250 g/mol. The Balaban J connectivity index is 1.92. The van der Waals surface area contributed by atoms with Crippen LogP contribution in [0.2, 0.25) is 0 Å². The smallest absolute Gasteiger partial charge is 0.325 e. The normalized spacial score (nSPS) is 21.8. The van der Waals surface area contributed by atoms with Gasteiger partial charge in [-0.2, -0.15) is 0 Å². The third-order valence-corrected chi connectivity index (χ3v) is 3.33. The summed E-state index contributed by atoms with van der Waals surface area (Å²) < 4.78 is 0. The fourth-order valence-electron chi connectivity index (χ4n) is 2.25. The van der Waals surface area contributed by atoms with Gasteiger partial charge in [0.05, 0.1) is 12.5 Å². The molecule has 1 fully saturated rings. The molecular formula is C12H17N3O4. The van der Waals surface area contributed by atoms with Crippen LogP contribution in [0.15, 0.2) is 15.7 Å². The summed E-state index contributed by atoms with van der Waals surface area (Å²) in [5.74, 6) is 0.171. The van der Waals surface area contributed by atoms with Crippen molar-refractivity contribution in [2.75, 3.05) is 13.6 Å². The van der Waals surface area contributed by atoms with Crippen LogP contribution in [0.4, 0.5) is 0 Å². The minimum absolute atomic E-state index is 0.00899. The minimum Gasteiger partial charge on any atom is -0.393 e. The molecule has 0 radical (unpaired) electrons. The molecule has 1 heterocycles. The largest absolute Gasteiger partial charge is 0.393 e. The topological polar surface area (TPSA) is 106 Å². The van der Waals surface area contributed by atoms with Crippen molar-refractivity contribution in [2.24, 2.45) is 5.92 Å². The number of aliphatic hydroxyl groups is 1. The monoisotopic (exact) mass is 267 g/mol. The predicted octanol–water partition coefficient (Wildman–Crippen LogP) is -1.16. The lowest BCUT2D eigenvalue weighted by Gasteiger charge is -2.34. The van der Waals surface area contributed by atoms with E-state index >= 15 is 0 Å². The molecule has 0 saturated heterocycles. The highest BCUT2D eigenvalue weighted by molar-refractivity contribution is 5.78. The quantitative estimate of drug-likeness (QED) is 0.639. The molecule has 1 saturated carbocycles. The standard InChI is InChI=1S/C12H17N3O4/c1-15(6-7-2-9(16)3-7)11(18)5-8-4-10(17)14-12(19)13-8/h4,7,9,16H,2-3,5-6H2,1H3,(H2,13,14,17,19). The van der Waals surface area contributed by atoms with E-state index in [9.17, 15) is 19.5 Å². The fourth-order valence-corrected chi connectivity index (χ4v) is 2.25. The molecule has 1 aliphatic carbocycles. The molecule has 2 rings (SSSR count). The van der Waals surface area contributed by atoms with E-state index in [0.717, 1.165) is 12.8 Å². The Morgan fingerprint density at radius 1 is 1.42 bits per heavy atom. The zero-order valence-corrected chi connectivity index (χ0v) is 10.7. The number of likely N-dealkylation sites (N-methyl/N-ethyl adjacent to an activating group) is 1. The highest BCUT2D eigenvalue weighted by Gasteiger charge is 2.29. The van der Waals surface area contributed by atoms with Crippen LogP contribution in [0, 0.1) is 5.92 Å². The van der Waals surface area contributed by atoms with Gasteiger partial charge in [0.15, 0.2) is 0 Å². The Hall–Kier alpha value is -1.89. The van der Waals surface area contributed by atoms with Gasteiger partial charge in [0.1, 0.15) is 0 Å². The van der Waals surface area contributed by atoms with Crippen molar-refractivity contribution < 1.29 is 9.90 Å². The van der Waals surface area contributed by atoms with Crippen molar-refractivity contribution in [3.63, 3.8) is 0 Å². The van der Waals surface area contributed by atoms with Crippen LogP contribution in [-0.2, 0) is 11.2 Å². The molecule has 0 spiro atoms. The van der Waals surface area contributed by atoms with Crippen LogP contribution >= 0.6 is 0 Å². The number of aliphatic hydroxyl groups excluding tert-OH is 1. The Bertz CT molecular complexity index is 543. The maximum Gasteiger partial charge on any atom is 0.325 e. The van der Waals surface area contributed by atoms with E-state index < -0.39 is 11.2 Å². The number of hydrogen-bond donors (Lipinski definition) is 3. The number of carbonyl (C=O) groups is 1. The average molecular weight is 267 g/mol. The molecule has 19 heavy (non-hydrogen) atoms. The number of carbonyl (C=O) groups excluding carboxylic acids is 1. The van der Waals surface area contributed by atoms with Crippen LogP contribution in [0.5, 0.6) is 0 Å². The van der Waals surface area contributed by atoms with Crippen molar-refractivity contribution in [1.82, 2.24) is 14.9 Å². The van der Waals surface area contributed by atoms with Crippen LogP contribution in [0.3, 0.4) is 0 Å². The predicted molar refractivity (Wildman–Crippen MR) is 67.8 cm³/mol. The Labute approximate surface area is 109 Å². The van der Waals surface area contributed by atoms with Crippen molar-refractivity contribution in [2.45, 2.75) is 25.4 Å². The third-order valence-electron chi connectivity index (χ3n) is 3.33. The summed E-state index contributed by atoms with van der Waals surface area (Å²) in [4.78, 5) is 40.1. The molecule has 1 aliphatic rings. The molecule has 7 nitrogen and oxygen atoms in total. The lowest BCUT2D eigenvalue weighted by Crippen LogP contribution is -2.40. The zero-order valence-electron chi connectivity index (χ0n) is 10.7. The molecule has 0 atom stereocenters. The number of H-pyrrole nitrogens is 2. The van der Waals surface area contributed by atoms with Crippen molar-refractivity contribution in [3.05, 3.63) is 32.6 Å². The summed E-state index contributed by atoms with van der Waals surface area (Å²) in [5.41, 5.74) is -0.823. The van der Waals surface area contributed by atoms with E-state index in [4.69, 9.17) is 0 Å². The first-order valence-corrected chi connectivity index (χ1v) is 6.18. The number of nitrogens with one attached hydrogen (secondary N) is 2. The Morgan fingerprint density at radius 2 is 2.11 bits per heavy atom. The number of nitrogens with zero attached hydrogens (tertiary/aromatic N) is 1. The van der Waals surface area contributed by atoms with Crippen molar-refractivity contribution in [1.29, 1.82) is 0 Å². The summed E-state index contributed by atoms with van der Waals surface area (Å²) in [7, 11) is 1.68. The van der Waals surface area contributed by atoms with Crippen LogP contribution < -0.4 is 11.2 Å². The molecule has 0 aliphatic heterocycles. The summed E-state index contributed by atoms with van der Waals surface area (Å²) >= 11 is 0. The minimum atomic E-state index is -0.611. The highest BCUT2D eigenvalue weighted by atomic mass is 16.3. The summed E-state index contributed by atoms with van der Waals surface area (Å²) in [6.45, 7) is 0.587. The van der Waals surface area contributed by atoms with Gasteiger partial charge < -0.3 is 15.0 Å². The van der Waals surface area contributed by atoms with Gasteiger partial charge >= 0.3 is 5.69 Å². The molecule has 3 N–H and O–H groups in total. The van der Waals surface area contributed by atoms with E-state index in [-0.39, 0.29) is 18.4 Å². The second kappa shape index (κ2) is 5.40. The van der Waals surface area contributed by atoms with Gasteiger partial charge in [-0.15, -0.1) is 0 Å². The van der Waals surface area contributed by atoms with Crippen molar-refractivity contribution >= 4 is 5.91 Å². The molecule has 1 aromatic heterocycles. The number of amides is 1. The Morgan fingerprint density at radius 3 is 2.68 bits per heavy atom. The zero-order chi connectivity index (χ0) is 14.0. The molecule has 1 aromatic rings. The third kappa shape index (κ3) is 3.54. The number of hydrogen-bond acceptors (Lipinski definition) is 4. The molecule has 0 unspecified atom stereocenters. The maximum atomic E-state index is 11.9. The number of aromatic amines is 2. The molecule has 1 amide bonds. The van der Waals surface area contributed by atoms with Gasteiger partial charge in [0.2, 0.25) is 5.91 Å². The van der Waals surface area contributed by atoms with E-state index in [2.05, 4.69) is 4.98 Å². The maximum absolute atomic E-state index is 11.9. The van der Waals surface area contributed by atoms with Crippen LogP contribution in [-0.4, -0.2) is 45.6 Å². The first-order chi connectivity index (χ1) is 8.94. The van der Waals surface area contributed by atoms with Crippen LogP contribution in [0.1, 0.15) is 18.5 Å². The van der Waals surface area contributed by atoms with E-state index in [1.807, 2.05) is 4.98 Å². The number of rotatable bonds is 4. The average Bonchev–Trinajstić information content (AvgIpc) is 2.25. The number of aromatic nitrogens is 2. The fraction of sp³-hybridized carbons (Fsp3) is 0.583. The molecule has 0 bridgehead atoms. The lowest BCUT2D eigenvalue weighted by molar-refractivity contribution is -0.130. The first-order valence-electron chi connectivity index (χ1n) is 6.18. The van der Waals surface area contributed by atoms with Gasteiger partial charge in [0, 0.05) is 25.4 Å². The van der Waals surface area contributed by atoms with Crippen LogP contribution in [0.25, 0.3) is 0 Å². The molecule has 7 heteroatoms. The summed E-state index contributed by atoms with van der Waals surface area (Å²) in [6, 6.07) is 1.21. The summed E-state index contributed by atoms with van der Waals surface area (Å²) in [5, 5.41) is 9.18. The second-order valence-corrected chi connectivity index (χ2v) is 5.06. The van der Waals surface area contributed by atoms with E-state index in [1.165, 1.54) is 6.07 Å². The SMILES string of the molecule is CN(CC1CC(O)C1)C(=O)Cc1cc(=O)[nH]c(=O)[nH]1. The van der Waals surface area contributed by atoms with Gasteiger partial charge in [0.25, 0.3) is 5.56 Å². The van der Waals surface area contributed by atoms with Gasteiger partial charge in [-0.25, -0.2) is 4.79 Å². The van der Waals surface area contributed by atoms with Gasteiger partial charge in [-0.3, -0.25) is 14.6 Å². The van der Waals surface area contributed by atoms with Gasteiger partial charge in [-0.1, -0.05) is 0 Å². The molecule has 104 valence electrons. The van der Waals surface area contributed by atoms with Crippen molar-refractivity contribution in [3.8, 4) is 0 Å². The second-order valence-electron chi connectivity index (χ2n) is 5.06.